The van der Waals surface area contributed by atoms with Crippen LogP contribution >= 0.6 is 0 Å². The highest BCUT2D eigenvalue weighted by Gasteiger charge is 2.61. The summed E-state index contributed by atoms with van der Waals surface area (Å²) >= 11 is 0. The normalized spacial score (nSPS) is 23.4. The van der Waals surface area contributed by atoms with Gasteiger partial charge in [-0.3, -0.25) is 14.6 Å². The Bertz CT molecular complexity index is 824. The Kier molecular flexibility index (Phi) is 4.68. The van der Waals surface area contributed by atoms with Gasteiger partial charge in [0.05, 0.1) is 18.7 Å². The smallest absolute Gasteiger partial charge is 0.227 e. The van der Waals surface area contributed by atoms with E-state index in [1.165, 1.54) is 0 Å². The molecule has 0 unspecified atom stereocenters. The maximum absolute atomic E-state index is 12.8. The minimum atomic E-state index is 0.00179. The summed E-state index contributed by atoms with van der Waals surface area (Å²) in [4.78, 5) is 33.5. The largest absolute Gasteiger partial charge is 0.342 e. The van der Waals surface area contributed by atoms with Crippen LogP contribution in [-0.4, -0.2) is 46.7 Å². The zero-order chi connectivity index (χ0) is 18.9. The van der Waals surface area contributed by atoms with E-state index >= 15 is 0 Å². The highest BCUT2D eigenvalue weighted by Crippen LogP contribution is 2.59. The third-order valence-corrected chi connectivity index (χ3v) is 5.93. The summed E-state index contributed by atoms with van der Waals surface area (Å²) in [5.41, 5.74) is 1.94. The number of amides is 2. The van der Waals surface area contributed by atoms with Crippen molar-refractivity contribution in [3.63, 3.8) is 0 Å². The molecular weight excluding hydrogens is 338 g/mol. The van der Waals surface area contributed by atoms with Gasteiger partial charge in [0.15, 0.2) is 0 Å². The van der Waals surface area contributed by atoms with Gasteiger partial charge in [0.2, 0.25) is 11.8 Å². The van der Waals surface area contributed by atoms with E-state index in [4.69, 9.17) is 0 Å². The molecule has 0 bridgehead atoms. The molecule has 2 fully saturated rings. The molecule has 2 aromatic rings. The monoisotopic (exact) mass is 363 g/mol. The number of nitrogens with zero attached hydrogens (tertiary/aromatic N) is 3. The van der Waals surface area contributed by atoms with Gasteiger partial charge in [-0.25, -0.2) is 0 Å². The third-order valence-electron chi connectivity index (χ3n) is 5.93. The Morgan fingerprint density at radius 3 is 2.70 bits per heavy atom. The van der Waals surface area contributed by atoms with E-state index in [-0.39, 0.29) is 23.1 Å². The summed E-state index contributed by atoms with van der Waals surface area (Å²) in [5.74, 6) is 0.386. The van der Waals surface area contributed by atoms with Crippen molar-refractivity contribution in [3.05, 3.63) is 66.0 Å². The second kappa shape index (κ2) is 7.14. The topological polar surface area (TPSA) is 53.5 Å². The summed E-state index contributed by atoms with van der Waals surface area (Å²) < 4.78 is 0. The van der Waals surface area contributed by atoms with Gasteiger partial charge in [0.1, 0.15) is 0 Å². The van der Waals surface area contributed by atoms with E-state index in [0.717, 1.165) is 30.6 Å². The van der Waals surface area contributed by atoms with E-state index in [0.29, 0.717) is 19.5 Å². The lowest BCUT2D eigenvalue weighted by Crippen LogP contribution is -2.33. The first kappa shape index (κ1) is 17.7. The van der Waals surface area contributed by atoms with Crippen molar-refractivity contribution in [2.75, 3.05) is 20.1 Å². The fourth-order valence-corrected chi connectivity index (χ4v) is 4.22. The predicted molar refractivity (Wildman–Crippen MR) is 103 cm³/mol. The molecule has 0 radical (unpaired) electrons. The van der Waals surface area contributed by atoms with Gasteiger partial charge in [0.25, 0.3) is 0 Å². The van der Waals surface area contributed by atoms with Crippen molar-refractivity contribution in [1.29, 1.82) is 0 Å². The summed E-state index contributed by atoms with van der Waals surface area (Å²) in [6.07, 6.45) is 4.02. The average molecular weight is 363 g/mol. The SMILES string of the molecule is CN(Cc1ccccn1)C(=O)[C@@H]1C[C@]12CCN(C(=O)Cc1ccccc1)C2. The summed E-state index contributed by atoms with van der Waals surface area (Å²) in [5, 5.41) is 0. The number of benzene rings is 1. The van der Waals surface area contributed by atoms with Crippen molar-refractivity contribution in [3.8, 4) is 0 Å². The Morgan fingerprint density at radius 1 is 1.19 bits per heavy atom. The molecule has 2 amide bonds. The predicted octanol–water partition coefficient (Wildman–Crippen LogP) is 2.52. The van der Waals surface area contributed by atoms with Crippen LogP contribution < -0.4 is 0 Å². The highest BCUT2D eigenvalue weighted by molar-refractivity contribution is 5.84. The summed E-state index contributed by atoms with van der Waals surface area (Å²) in [6.45, 7) is 2.01. The van der Waals surface area contributed by atoms with Gasteiger partial charge in [-0.1, -0.05) is 36.4 Å². The van der Waals surface area contributed by atoms with Crippen molar-refractivity contribution in [1.82, 2.24) is 14.8 Å². The summed E-state index contributed by atoms with van der Waals surface area (Å²) in [6, 6.07) is 15.6. The maximum Gasteiger partial charge on any atom is 0.227 e. The number of aromatic nitrogens is 1. The zero-order valence-corrected chi connectivity index (χ0v) is 15.7. The Labute approximate surface area is 160 Å². The molecule has 1 aromatic carbocycles. The van der Waals surface area contributed by atoms with Crippen LogP contribution in [0.2, 0.25) is 0 Å². The maximum atomic E-state index is 12.8. The molecule has 1 aliphatic heterocycles. The first-order valence-corrected chi connectivity index (χ1v) is 9.54. The number of carbonyl (C=O) groups is 2. The van der Waals surface area contributed by atoms with E-state index < -0.39 is 0 Å². The van der Waals surface area contributed by atoms with Crippen LogP contribution in [0, 0.1) is 11.3 Å². The molecule has 27 heavy (non-hydrogen) atoms. The molecule has 0 N–H and O–H groups in total. The van der Waals surface area contributed by atoms with Crippen LogP contribution in [0.1, 0.15) is 24.1 Å². The lowest BCUT2D eigenvalue weighted by Gasteiger charge is -2.19. The molecule has 2 heterocycles. The van der Waals surface area contributed by atoms with Crippen LogP contribution in [0.4, 0.5) is 0 Å². The molecule has 5 nitrogen and oxygen atoms in total. The van der Waals surface area contributed by atoms with E-state index in [2.05, 4.69) is 4.98 Å². The molecule has 1 spiro atoms. The number of hydrogen-bond acceptors (Lipinski definition) is 3. The highest BCUT2D eigenvalue weighted by atomic mass is 16.2. The molecule has 1 saturated heterocycles. The number of pyridine rings is 1. The third kappa shape index (κ3) is 3.72. The first-order chi connectivity index (χ1) is 13.1. The number of hydrogen-bond donors (Lipinski definition) is 0. The van der Waals surface area contributed by atoms with Crippen LogP contribution in [-0.2, 0) is 22.6 Å². The average Bonchev–Trinajstić information content (AvgIpc) is 3.21. The van der Waals surface area contributed by atoms with Gasteiger partial charge < -0.3 is 9.80 Å². The summed E-state index contributed by atoms with van der Waals surface area (Å²) in [7, 11) is 1.84. The molecule has 5 heteroatoms. The van der Waals surface area contributed by atoms with E-state index in [9.17, 15) is 9.59 Å². The Morgan fingerprint density at radius 2 is 1.96 bits per heavy atom. The number of likely N-dealkylation sites (tertiary alicyclic amines) is 1. The van der Waals surface area contributed by atoms with Crippen LogP contribution in [0.15, 0.2) is 54.7 Å². The fourth-order valence-electron chi connectivity index (χ4n) is 4.22. The van der Waals surface area contributed by atoms with Gasteiger partial charge >= 0.3 is 0 Å². The molecule has 4 rings (SSSR count). The zero-order valence-electron chi connectivity index (χ0n) is 15.7. The number of carbonyl (C=O) groups excluding carboxylic acids is 2. The van der Waals surface area contributed by atoms with Gasteiger partial charge in [0, 0.05) is 37.7 Å². The van der Waals surface area contributed by atoms with Crippen LogP contribution in [0.5, 0.6) is 0 Å². The second-order valence-corrected chi connectivity index (χ2v) is 7.86. The minimum Gasteiger partial charge on any atom is -0.342 e. The van der Waals surface area contributed by atoms with E-state index in [1.54, 1.807) is 11.1 Å². The molecule has 1 saturated carbocycles. The lowest BCUT2D eigenvalue weighted by molar-refractivity contribution is -0.133. The van der Waals surface area contributed by atoms with E-state index in [1.807, 2.05) is 60.5 Å². The van der Waals surface area contributed by atoms with Gasteiger partial charge in [-0.05, 0) is 30.5 Å². The molecule has 1 aliphatic carbocycles. The van der Waals surface area contributed by atoms with Crippen LogP contribution in [0.3, 0.4) is 0 Å². The van der Waals surface area contributed by atoms with Crippen LogP contribution in [0.25, 0.3) is 0 Å². The molecular formula is C22H25N3O2. The molecule has 2 atom stereocenters. The Balaban J connectivity index is 1.32. The molecule has 2 aliphatic rings. The minimum absolute atomic E-state index is 0.00179. The van der Waals surface area contributed by atoms with Crippen molar-refractivity contribution in [2.24, 2.45) is 11.3 Å². The van der Waals surface area contributed by atoms with Crippen molar-refractivity contribution in [2.45, 2.75) is 25.8 Å². The molecule has 140 valence electrons. The fraction of sp³-hybridized carbons (Fsp3) is 0.409. The lowest BCUT2D eigenvalue weighted by atomic mass is 10.0. The van der Waals surface area contributed by atoms with Crippen molar-refractivity contribution < 1.29 is 9.59 Å². The van der Waals surface area contributed by atoms with Gasteiger partial charge in [-0.15, -0.1) is 0 Å². The second-order valence-electron chi connectivity index (χ2n) is 7.86. The van der Waals surface area contributed by atoms with Crippen molar-refractivity contribution >= 4 is 11.8 Å². The first-order valence-electron chi connectivity index (χ1n) is 9.54. The Hall–Kier alpha value is -2.69. The quantitative estimate of drug-likeness (QED) is 0.820. The standard InChI is InChI=1S/C22H25N3O2/c1-24(15-18-9-5-6-11-23-18)21(27)19-14-22(19)10-12-25(16-22)20(26)13-17-7-3-2-4-8-17/h2-9,11,19H,10,12-16H2,1H3/t19-,22-/m0/s1. The molecule has 1 aromatic heterocycles. The van der Waals surface area contributed by atoms with Gasteiger partial charge in [-0.2, -0.15) is 0 Å². The number of rotatable bonds is 5.